The summed E-state index contributed by atoms with van der Waals surface area (Å²) < 4.78 is 26.7. The first kappa shape index (κ1) is 12.1. The fourth-order valence-corrected chi connectivity index (χ4v) is 1.41. The molecule has 0 saturated heterocycles. The van der Waals surface area contributed by atoms with Crippen molar-refractivity contribution in [2.75, 3.05) is 18.9 Å². The Bertz CT molecular complexity index is 361. The van der Waals surface area contributed by atoms with Crippen molar-refractivity contribution in [2.45, 2.75) is 0 Å². The molecule has 0 unspecified atom stereocenters. The Morgan fingerprint density at radius 1 is 1.40 bits per heavy atom. The fourth-order valence-electron chi connectivity index (χ4n) is 1.01. The van der Waals surface area contributed by atoms with Crippen molar-refractivity contribution in [3.8, 4) is 0 Å². The van der Waals surface area contributed by atoms with Crippen LogP contribution in [0.2, 0.25) is 0 Å². The number of amides is 1. The molecule has 0 aliphatic carbocycles. The third kappa shape index (κ3) is 3.24. The van der Waals surface area contributed by atoms with Gasteiger partial charge in [0.05, 0.1) is 6.54 Å². The molecule has 0 atom stereocenters. The second kappa shape index (κ2) is 5.18. The van der Waals surface area contributed by atoms with E-state index in [1.54, 1.807) is 7.05 Å². The number of hydrogen-bond donors (Lipinski definition) is 2. The van der Waals surface area contributed by atoms with Crippen LogP contribution in [0.1, 0.15) is 0 Å². The van der Waals surface area contributed by atoms with Crippen LogP contribution in [-0.2, 0) is 4.79 Å². The highest BCUT2D eigenvalue weighted by molar-refractivity contribution is 9.10. The van der Waals surface area contributed by atoms with Gasteiger partial charge in [0, 0.05) is 4.47 Å². The Morgan fingerprint density at radius 2 is 1.93 bits per heavy atom. The molecule has 1 aromatic rings. The van der Waals surface area contributed by atoms with Crippen LogP contribution < -0.4 is 10.6 Å². The van der Waals surface area contributed by atoms with Crippen molar-refractivity contribution in [1.82, 2.24) is 5.32 Å². The Labute approximate surface area is 94.0 Å². The van der Waals surface area contributed by atoms with Crippen molar-refractivity contribution in [1.29, 1.82) is 0 Å². The molecule has 0 aliphatic heterocycles. The quantitative estimate of drug-likeness (QED) is 0.887. The van der Waals surface area contributed by atoms with Gasteiger partial charge in [0.25, 0.3) is 0 Å². The summed E-state index contributed by atoms with van der Waals surface area (Å²) >= 11 is 2.94. The third-order valence-corrected chi connectivity index (χ3v) is 2.07. The lowest BCUT2D eigenvalue weighted by Gasteiger charge is -2.07. The normalized spacial score (nSPS) is 10.1. The first-order chi connectivity index (χ1) is 7.04. The highest BCUT2D eigenvalue weighted by atomic mass is 79.9. The minimum absolute atomic E-state index is 0.00502. The predicted octanol–water partition coefficient (Wildman–Crippen LogP) is 1.89. The first-order valence-corrected chi connectivity index (χ1v) is 4.93. The minimum atomic E-state index is -0.814. The number of benzene rings is 1. The molecule has 15 heavy (non-hydrogen) atoms. The summed E-state index contributed by atoms with van der Waals surface area (Å²) in [4.78, 5) is 11.1. The molecule has 0 bridgehead atoms. The summed E-state index contributed by atoms with van der Waals surface area (Å²) in [5, 5.41) is 4.71. The number of halogens is 3. The predicted molar refractivity (Wildman–Crippen MR) is 56.6 cm³/mol. The molecule has 1 aromatic carbocycles. The Morgan fingerprint density at radius 3 is 2.40 bits per heavy atom. The average Bonchev–Trinajstić information content (AvgIpc) is 2.11. The molecular formula is C9H9BrF2N2O. The standard InChI is InChI=1S/C9H9BrF2N2O/c1-13-4-8(15)14-9-6(11)2-5(10)3-7(9)12/h2-3,13H,4H2,1H3,(H,14,15). The van der Waals surface area contributed by atoms with Gasteiger partial charge >= 0.3 is 0 Å². The molecule has 0 fully saturated rings. The van der Waals surface area contributed by atoms with E-state index in [-0.39, 0.29) is 11.0 Å². The Balaban J connectivity index is 2.90. The molecule has 82 valence electrons. The van der Waals surface area contributed by atoms with Crippen LogP contribution in [0.4, 0.5) is 14.5 Å². The molecule has 0 heterocycles. The first-order valence-electron chi connectivity index (χ1n) is 4.13. The molecule has 6 heteroatoms. The van der Waals surface area contributed by atoms with Gasteiger partial charge in [-0.3, -0.25) is 4.79 Å². The molecule has 1 amide bonds. The highest BCUT2D eigenvalue weighted by Gasteiger charge is 2.12. The molecule has 0 spiro atoms. The maximum absolute atomic E-state index is 13.2. The van der Waals surface area contributed by atoms with Gasteiger partial charge in [0.1, 0.15) is 5.69 Å². The van der Waals surface area contributed by atoms with Crippen molar-refractivity contribution in [3.63, 3.8) is 0 Å². The van der Waals surface area contributed by atoms with E-state index in [1.165, 1.54) is 0 Å². The third-order valence-electron chi connectivity index (χ3n) is 1.61. The van der Waals surface area contributed by atoms with E-state index in [0.29, 0.717) is 0 Å². The molecule has 2 N–H and O–H groups in total. The van der Waals surface area contributed by atoms with Gasteiger partial charge < -0.3 is 10.6 Å². The van der Waals surface area contributed by atoms with E-state index in [0.717, 1.165) is 12.1 Å². The highest BCUT2D eigenvalue weighted by Crippen LogP contribution is 2.23. The summed E-state index contributed by atoms with van der Waals surface area (Å²) in [5.74, 6) is -2.13. The van der Waals surface area contributed by atoms with E-state index in [1.807, 2.05) is 0 Å². The van der Waals surface area contributed by atoms with Gasteiger partial charge in [0.15, 0.2) is 11.6 Å². The summed E-state index contributed by atoms with van der Waals surface area (Å²) in [5.41, 5.74) is -0.432. The van der Waals surface area contributed by atoms with Gasteiger partial charge in [0.2, 0.25) is 5.91 Å². The van der Waals surface area contributed by atoms with Crippen molar-refractivity contribution in [2.24, 2.45) is 0 Å². The summed E-state index contributed by atoms with van der Waals surface area (Å²) in [6.45, 7) is -0.00502. The van der Waals surface area contributed by atoms with E-state index >= 15 is 0 Å². The number of anilines is 1. The van der Waals surface area contributed by atoms with E-state index in [2.05, 4.69) is 26.6 Å². The molecule has 0 saturated carbocycles. The maximum atomic E-state index is 13.2. The number of rotatable bonds is 3. The molecule has 0 radical (unpaired) electrons. The van der Waals surface area contributed by atoms with Crippen LogP contribution in [0.25, 0.3) is 0 Å². The monoisotopic (exact) mass is 278 g/mol. The minimum Gasteiger partial charge on any atom is -0.320 e. The number of hydrogen-bond acceptors (Lipinski definition) is 2. The molecular weight excluding hydrogens is 270 g/mol. The largest absolute Gasteiger partial charge is 0.320 e. The molecule has 3 nitrogen and oxygen atoms in total. The van der Waals surface area contributed by atoms with Crippen LogP contribution >= 0.6 is 15.9 Å². The van der Waals surface area contributed by atoms with Crippen molar-refractivity contribution >= 4 is 27.5 Å². The van der Waals surface area contributed by atoms with Crippen LogP contribution in [0.15, 0.2) is 16.6 Å². The lowest BCUT2D eigenvalue weighted by Crippen LogP contribution is -2.26. The Kier molecular flexibility index (Phi) is 4.16. The van der Waals surface area contributed by atoms with Crippen LogP contribution in [0, 0.1) is 11.6 Å². The zero-order valence-corrected chi connectivity index (χ0v) is 9.49. The van der Waals surface area contributed by atoms with Crippen molar-refractivity contribution < 1.29 is 13.6 Å². The van der Waals surface area contributed by atoms with E-state index in [4.69, 9.17) is 0 Å². The van der Waals surface area contributed by atoms with E-state index < -0.39 is 23.2 Å². The smallest absolute Gasteiger partial charge is 0.238 e. The van der Waals surface area contributed by atoms with Crippen LogP contribution in [0.3, 0.4) is 0 Å². The van der Waals surface area contributed by atoms with Gasteiger partial charge in [-0.05, 0) is 19.2 Å². The number of likely N-dealkylation sites (N-methyl/N-ethyl adjacent to an activating group) is 1. The maximum Gasteiger partial charge on any atom is 0.238 e. The zero-order valence-electron chi connectivity index (χ0n) is 7.90. The van der Waals surface area contributed by atoms with Gasteiger partial charge in [-0.15, -0.1) is 0 Å². The molecule has 0 aromatic heterocycles. The lowest BCUT2D eigenvalue weighted by atomic mass is 10.3. The lowest BCUT2D eigenvalue weighted by molar-refractivity contribution is -0.115. The number of carbonyl (C=O) groups excluding carboxylic acids is 1. The van der Waals surface area contributed by atoms with Gasteiger partial charge in [-0.1, -0.05) is 15.9 Å². The average molecular weight is 279 g/mol. The molecule has 1 rings (SSSR count). The summed E-state index contributed by atoms with van der Waals surface area (Å²) in [7, 11) is 1.56. The van der Waals surface area contributed by atoms with Crippen LogP contribution in [-0.4, -0.2) is 19.5 Å². The zero-order chi connectivity index (χ0) is 11.4. The number of carbonyl (C=O) groups is 1. The number of nitrogens with one attached hydrogen (secondary N) is 2. The second-order valence-corrected chi connectivity index (χ2v) is 3.74. The Hall–Kier alpha value is -1.01. The summed E-state index contributed by atoms with van der Waals surface area (Å²) in [6, 6.07) is 2.16. The topological polar surface area (TPSA) is 41.1 Å². The van der Waals surface area contributed by atoms with Crippen LogP contribution in [0.5, 0.6) is 0 Å². The molecule has 0 aliphatic rings. The van der Waals surface area contributed by atoms with Gasteiger partial charge in [-0.25, -0.2) is 8.78 Å². The van der Waals surface area contributed by atoms with Crippen molar-refractivity contribution in [3.05, 3.63) is 28.2 Å². The SMILES string of the molecule is CNCC(=O)Nc1c(F)cc(Br)cc1F. The van der Waals surface area contributed by atoms with E-state index in [9.17, 15) is 13.6 Å². The fraction of sp³-hybridized carbons (Fsp3) is 0.222. The van der Waals surface area contributed by atoms with Gasteiger partial charge in [-0.2, -0.15) is 0 Å². The second-order valence-electron chi connectivity index (χ2n) is 2.82. The summed E-state index contributed by atoms with van der Waals surface area (Å²) in [6.07, 6.45) is 0.